The number of benzene rings is 1. The lowest BCUT2D eigenvalue weighted by Gasteiger charge is -2.48. The summed E-state index contributed by atoms with van der Waals surface area (Å²) in [6, 6.07) is 6.25. The van der Waals surface area contributed by atoms with Crippen LogP contribution >= 0.6 is 27.7 Å². The SMILES string of the molecule is CC1(C)CSCC2(C[C@H](N)c3cc(Br)ccc3O2)C1. The van der Waals surface area contributed by atoms with E-state index in [9.17, 15) is 0 Å². The molecule has 0 aromatic heterocycles. The zero-order chi connectivity index (χ0) is 13.7. The fourth-order valence-corrected chi connectivity index (χ4v) is 5.16. The van der Waals surface area contributed by atoms with Gasteiger partial charge in [-0.3, -0.25) is 0 Å². The molecule has 2 aliphatic heterocycles. The highest BCUT2D eigenvalue weighted by molar-refractivity contribution is 9.10. The highest BCUT2D eigenvalue weighted by atomic mass is 79.9. The number of hydrogen-bond acceptors (Lipinski definition) is 3. The van der Waals surface area contributed by atoms with E-state index in [0.29, 0.717) is 5.41 Å². The van der Waals surface area contributed by atoms with Gasteiger partial charge in [0.1, 0.15) is 11.4 Å². The van der Waals surface area contributed by atoms with E-state index in [4.69, 9.17) is 10.5 Å². The van der Waals surface area contributed by atoms with Crippen molar-refractivity contribution in [2.75, 3.05) is 11.5 Å². The zero-order valence-electron chi connectivity index (χ0n) is 11.4. The van der Waals surface area contributed by atoms with Gasteiger partial charge in [-0.25, -0.2) is 0 Å². The molecule has 4 heteroatoms. The maximum absolute atomic E-state index is 6.40. The summed E-state index contributed by atoms with van der Waals surface area (Å²) in [5.74, 6) is 3.24. The van der Waals surface area contributed by atoms with E-state index in [2.05, 4.69) is 35.8 Å². The summed E-state index contributed by atoms with van der Waals surface area (Å²) in [6.45, 7) is 4.65. The first-order chi connectivity index (χ1) is 8.89. The minimum absolute atomic E-state index is 0.0767. The van der Waals surface area contributed by atoms with E-state index in [1.54, 1.807) is 0 Å². The molecule has 0 bridgehead atoms. The molecule has 2 nitrogen and oxygen atoms in total. The summed E-state index contributed by atoms with van der Waals surface area (Å²) in [5, 5.41) is 0. The second kappa shape index (κ2) is 4.68. The molecule has 2 N–H and O–H groups in total. The standard InChI is InChI=1S/C15H20BrNOS/c1-14(2)7-15(9-19-8-14)6-12(17)11-5-10(16)3-4-13(11)18-15/h3-5,12H,6-9,17H2,1-2H3/t12-,15?/m0/s1. The first-order valence-electron chi connectivity index (χ1n) is 6.71. The fraction of sp³-hybridized carbons (Fsp3) is 0.600. The van der Waals surface area contributed by atoms with Crippen LogP contribution in [0.4, 0.5) is 0 Å². The number of halogens is 1. The van der Waals surface area contributed by atoms with Crippen LogP contribution in [0.15, 0.2) is 22.7 Å². The van der Waals surface area contributed by atoms with Crippen molar-refractivity contribution in [1.29, 1.82) is 0 Å². The van der Waals surface area contributed by atoms with E-state index in [1.165, 1.54) is 5.75 Å². The Bertz CT molecular complexity index is 505. The third kappa shape index (κ3) is 2.67. The molecule has 104 valence electrons. The van der Waals surface area contributed by atoms with E-state index in [-0.39, 0.29) is 11.6 Å². The Morgan fingerprint density at radius 3 is 2.89 bits per heavy atom. The Kier molecular flexibility index (Phi) is 3.39. The third-order valence-corrected chi connectivity index (χ3v) is 6.16. The summed E-state index contributed by atoms with van der Waals surface area (Å²) in [5.41, 5.74) is 7.78. The average Bonchev–Trinajstić information content (AvgIpc) is 2.29. The third-order valence-electron chi connectivity index (χ3n) is 3.95. The molecule has 1 spiro atoms. The van der Waals surface area contributed by atoms with Gasteiger partial charge in [-0.2, -0.15) is 11.8 Å². The molecule has 1 aromatic rings. The van der Waals surface area contributed by atoms with Gasteiger partial charge in [-0.1, -0.05) is 29.8 Å². The van der Waals surface area contributed by atoms with Crippen LogP contribution in [0, 0.1) is 5.41 Å². The second-order valence-electron chi connectivity index (χ2n) is 6.61. The van der Waals surface area contributed by atoms with Crippen molar-refractivity contribution in [3.8, 4) is 5.75 Å². The van der Waals surface area contributed by atoms with Crippen molar-refractivity contribution in [3.05, 3.63) is 28.2 Å². The topological polar surface area (TPSA) is 35.2 Å². The van der Waals surface area contributed by atoms with Crippen molar-refractivity contribution in [3.63, 3.8) is 0 Å². The lowest BCUT2D eigenvalue weighted by molar-refractivity contribution is 0.0166. The normalized spacial score (nSPS) is 32.7. The molecule has 2 atom stereocenters. The molecule has 1 fully saturated rings. The summed E-state index contributed by atoms with van der Waals surface area (Å²) in [6.07, 6.45) is 2.02. The molecule has 0 aliphatic carbocycles. The molecular formula is C15H20BrNOS. The highest BCUT2D eigenvalue weighted by Crippen LogP contribution is 2.49. The van der Waals surface area contributed by atoms with E-state index >= 15 is 0 Å². The Balaban J connectivity index is 1.94. The number of fused-ring (bicyclic) bond motifs is 1. The Hall–Kier alpha value is -0.190. The van der Waals surface area contributed by atoms with Crippen molar-refractivity contribution in [2.45, 2.75) is 38.3 Å². The van der Waals surface area contributed by atoms with Gasteiger partial charge in [-0.15, -0.1) is 0 Å². The van der Waals surface area contributed by atoms with Gasteiger partial charge >= 0.3 is 0 Å². The molecule has 1 aromatic carbocycles. The largest absolute Gasteiger partial charge is 0.486 e. The smallest absolute Gasteiger partial charge is 0.125 e. The summed E-state index contributed by atoms with van der Waals surface area (Å²) >= 11 is 5.51. The summed E-state index contributed by atoms with van der Waals surface area (Å²) in [4.78, 5) is 0. The van der Waals surface area contributed by atoms with E-state index < -0.39 is 0 Å². The number of rotatable bonds is 0. The predicted octanol–water partition coefficient (Wildman–Crippen LogP) is 4.13. The van der Waals surface area contributed by atoms with Gasteiger partial charge in [0.2, 0.25) is 0 Å². The number of nitrogens with two attached hydrogens (primary N) is 1. The van der Waals surface area contributed by atoms with Crippen LogP contribution in [-0.4, -0.2) is 17.1 Å². The van der Waals surface area contributed by atoms with Crippen molar-refractivity contribution in [2.24, 2.45) is 11.1 Å². The molecule has 1 saturated heterocycles. The molecule has 0 amide bonds. The fourth-order valence-electron chi connectivity index (χ4n) is 3.37. The van der Waals surface area contributed by atoms with Crippen LogP contribution in [0.25, 0.3) is 0 Å². The number of thioether (sulfide) groups is 1. The zero-order valence-corrected chi connectivity index (χ0v) is 13.8. The molecular weight excluding hydrogens is 322 g/mol. The molecule has 3 rings (SSSR count). The quantitative estimate of drug-likeness (QED) is 0.770. The van der Waals surface area contributed by atoms with Crippen LogP contribution in [0.3, 0.4) is 0 Å². The van der Waals surface area contributed by atoms with Gasteiger partial charge < -0.3 is 10.5 Å². The van der Waals surface area contributed by atoms with Crippen LogP contribution in [0.2, 0.25) is 0 Å². The van der Waals surface area contributed by atoms with Gasteiger partial charge in [0, 0.05) is 28.3 Å². The molecule has 0 radical (unpaired) electrons. The second-order valence-corrected chi connectivity index (χ2v) is 8.51. The highest BCUT2D eigenvalue weighted by Gasteiger charge is 2.46. The molecule has 1 unspecified atom stereocenters. The summed E-state index contributed by atoms with van der Waals surface area (Å²) in [7, 11) is 0. The Labute approximate surface area is 127 Å². The lowest BCUT2D eigenvalue weighted by atomic mass is 9.76. The van der Waals surface area contributed by atoms with Gasteiger partial charge in [-0.05, 0) is 35.8 Å². The molecule has 0 saturated carbocycles. The monoisotopic (exact) mass is 341 g/mol. The number of hydrogen-bond donors (Lipinski definition) is 1. The predicted molar refractivity (Wildman–Crippen MR) is 84.8 cm³/mol. The van der Waals surface area contributed by atoms with Gasteiger partial charge in [0.25, 0.3) is 0 Å². The van der Waals surface area contributed by atoms with Crippen molar-refractivity contribution >= 4 is 27.7 Å². The van der Waals surface area contributed by atoms with E-state index in [1.807, 2.05) is 23.9 Å². The van der Waals surface area contributed by atoms with Gasteiger partial charge in [0.05, 0.1) is 0 Å². The van der Waals surface area contributed by atoms with Crippen LogP contribution in [-0.2, 0) is 0 Å². The maximum atomic E-state index is 6.40. The van der Waals surface area contributed by atoms with Crippen molar-refractivity contribution in [1.82, 2.24) is 0 Å². The first-order valence-corrected chi connectivity index (χ1v) is 8.66. The van der Waals surface area contributed by atoms with Crippen LogP contribution < -0.4 is 10.5 Å². The average molecular weight is 342 g/mol. The summed E-state index contributed by atoms with van der Waals surface area (Å²) < 4.78 is 7.47. The first kappa shape index (κ1) is 13.8. The van der Waals surface area contributed by atoms with Crippen molar-refractivity contribution < 1.29 is 4.74 Å². The molecule has 2 heterocycles. The minimum Gasteiger partial charge on any atom is -0.486 e. The van der Waals surface area contributed by atoms with Crippen LogP contribution in [0.1, 0.15) is 38.3 Å². The van der Waals surface area contributed by atoms with Gasteiger partial charge in [0.15, 0.2) is 0 Å². The molecule has 19 heavy (non-hydrogen) atoms. The van der Waals surface area contributed by atoms with E-state index in [0.717, 1.165) is 34.4 Å². The van der Waals surface area contributed by atoms with Crippen LogP contribution in [0.5, 0.6) is 5.75 Å². The maximum Gasteiger partial charge on any atom is 0.125 e. The Morgan fingerprint density at radius 2 is 2.16 bits per heavy atom. The molecule has 2 aliphatic rings. The Morgan fingerprint density at radius 1 is 1.37 bits per heavy atom. The number of ether oxygens (including phenoxy) is 1. The minimum atomic E-state index is -0.0767. The lowest BCUT2D eigenvalue weighted by Crippen LogP contribution is -2.51.